The summed E-state index contributed by atoms with van der Waals surface area (Å²) in [5.41, 5.74) is 0. The van der Waals surface area contributed by atoms with E-state index in [-0.39, 0.29) is 0 Å². The van der Waals surface area contributed by atoms with E-state index in [0.29, 0.717) is 0 Å². The maximum absolute atomic E-state index is 2.68. The quantitative estimate of drug-likeness (QED) is 0.435. The molecule has 0 radical (unpaired) electrons. The fourth-order valence-corrected chi connectivity index (χ4v) is 2.86. The van der Waals surface area contributed by atoms with Gasteiger partial charge in [0.1, 0.15) is 0 Å². The van der Waals surface area contributed by atoms with Crippen LogP contribution in [-0.4, -0.2) is 0 Å². The van der Waals surface area contributed by atoms with Crippen molar-refractivity contribution in [1.82, 2.24) is 0 Å². The molecule has 0 amide bonds. The summed E-state index contributed by atoms with van der Waals surface area (Å²) in [5, 5.41) is 0. The van der Waals surface area contributed by atoms with E-state index in [4.69, 9.17) is 0 Å². The highest BCUT2D eigenvalue weighted by atomic mass is 14.3. The van der Waals surface area contributed by atoms with Crippen LogP contribution in [-0.2, 0) is 0 Å². The molecule has 2 aliphatic rings. The second-order valence-corrected chi connectivity index (χ2v) is 4.59. The summed E-state index contributed by atoms with van der Waals surface area (Å²) in [5.74, 6) is 7.67. The molecule has 108 valence electrons. The lowest BCUT2D eigenvalue weighted by Gasteiger charge is -2.35. The average Bonchev–Trinajstić information content (AvgIpc) is 2.51. The molecule has 0 atom stereocenters. The number of fused-ring (bicyclic) bond motifs is 1. The van der Waals surface area contributed by atoms with Gasteiger partial charge in [0.15, 0.2) is 0 Å². The topological polar surface area (TPSA) is 0 Å². The summed E-state index contributed by atoms with van der Waals surface area (Å²) in [6.07, 6.45) is 12.4. The number of hydrogen-bond acceptors (Lipinski definition) is 0. The van der Waals surface area contributed by atoms with E-state index >= 15 is 0 Å². The van der Waals surface area contributed by atoms with Gasteiger partial charge in [-0.15, -0.1) is 11.8 Å². The van der Waals surface area contributed by atoms with Crippen molar-refractivity contribution in [1.29, 1.82) is 0 Å². The third-order valence-electron chi connectivity index (χ3n) is 3.72. The summed E-state index contributed by atoms with van der Waals surface area (Å²) in [7, 11) is 0. The molecule has 2 aliphatic carbocycles. The summed E-state index contributed by atoms with van der Waals surface area (Å²) in [6, 6.07) is 0. The molecule has 0 aromatic heterocycles. The van der Waals surface area contributed by atoms with Gasteiger partial charge < -0.3 is 0 Å². The molecule has 0 aliphatic heterocycles. The number of hydrogen-bond donors (Lipinski definition) is 0. The van der Waals surface area contributed by atoms with Gasteiger partial charge in [0.25, 0.3) is 0 Å². The molecule has 2 fully saturated rings. The Morgan fingerprint density at radius 3 is 0.944 bits per heavy atom. The van der Waals surface area contributed by atoms with E-state index in [1.807, 2.05) is 41.5 Å². The van der Waals surface area contributed by atoms with Gasteiger partial charge in [0.05, 0.1) is 0 Å². The van der Waals surface area contributed by atoms with E-state index in [0.717, 1.165) is 11.8 Å². The highest BCUT2D eigenvalue weighted by molar-refractivity contribution is 4.89. The van der Waals surface area contributed by atoms with Crippen molar-refractivity contribution in [3.63, 3.8) is 0 Å². The van der Waals surface area contributed by atoms with Crippen molar-refractivity contribution >= 4 is 0 Å². The fraction of sp³-hybridized carbons (Fsp3) is 0.889. The van der Waals surface area contributed by atoms with Crippen molar-refractivity contribution in [2.75, 3.05) is 0 Å². The second-order valence-electron chi connectivity index (χ2n) is 4.59. The van der Waals surface area contributed by atoms with Gasteiger partial charge in [-0.3, -0.25) is 0 Å². The SMILES string of the molecule is C1CCC2CCCCC2C1.CC.CC.CC#CC. The van der Waals surface area contributed by atoms with E-state index in [1.54, 1.807) is 25.7 Å². The molecule has 0 N–H and O–H groups in total. The van der Waals surface area contributed by atoms with Crippen molar-refractivity contribution in [2.24, 2.45) is 11.8 Å². The molecular formula is C18H36. The van der Waals surface area contributed by atoms with Gasteiger partial charge in [0.2, 0.25) is 0 Å². The molecule has 0 spiro atoms. The Labute approximate surface area is 117 Å². The highest BCUT2D eigenvalue weighted by Gasteiger charge is 2.26. The third kappa shape index (κ3) is 9.58. The fourth-order valence-electron chi connectivity index (χ4n) is 2.86. The molecule has 0 aromatic rings. The Morgan fingerprint density at radius 1 is 0.556 bits per heavy atom. The van der Waals surface area contributed by atoms with Crippen LogP contribution in [0.15, 0.2) is 0 Å². The van der Waals surface area contributed by atoms with Gasteiger partial charge in [-0.05, 0) is 25.7 Å². The van der Waals surface area contributed by atoms with E-state index in [9.17, 15) is 0 Å². The van der Waals surface area contributed by atoms with Crippen molar-refractivity contribution in [3.05, 3.63) is 0 Å². The first-order chi connectivity index (χ1) is 8.88. The first-order valence-corrected chi connectivity index (χ1v) is 8.22. The van der Waals surface area contributed by atoms with Crippen molar-refractivity contribution < 1.29 is 0 Å². The first kappa shape index (κ1) is 19.9. The minimum absolute atomic E-state index is 1.16. The van der Waals surface area contributed by atoms with E-state index in [2.05, 4.69) is 11.8 Å². The van der Waals surface area contributed by atoms with Gasteiger partial charge in [-0.2, -0.15) is 0 Å². The normalized spacial score (nSPS) is 24.1. The Kier molecular flexibility index (Phi) is 18.3. The van der Waals surface area contributed by atoms with E-state index in [1.165, 1.54) is 25.7 Å². The zero-order chi connectivity index (χ0) is 14.2. The van der Waals surface area contributed by atoms with Crippen LogP contribution in [0.1, 0.15) is 92.9 Å². The molecule has 0 unspecified atom stereocenters. The first-order valence-electron chi connectivity index (χ1n) is 8.22. The summed E-state index contributed by atoms with van der Waals surface area (Å²) < 4.78 is 0. The second kappa shape index (κ2) is 16.6. The van der Waals surface area contributed by atoms with Crippen LogP contribution < -0.4 is 0 Å². The van der Waals surface area contributed by atoms with Crippen LogP contribution in [0.2, 0.25) is 0 Å². The Hall–Kier alpha value is -0.440. The molecule has 0 aromatic carbocycles. The van der Waals surface area contributed by atoms with Crippen molar-refractivity contribution in [3.8, 4) is 11.8 Å². The van der Waals surface area contributed by atoms with Crippen LogP contribution in [0, 0.1) is 23.7 Å². The molecule has 0 heterocycles. The smallest absolute Gasteiger partial charge is 0.00271 e. The minimum Gasteiger partial charge on any atom is -0.107 e. The van der Waals surface area contributed by atoms with Crippen LogP contribution >= 0.6 is 0 Å². The molecule has 0 bridgehead atoms. The lowest BCUT2D eigenvalue weighted by atomic mass is 9.71. The zero-order valence-corrected chi connectivity index (χ0v) is 13.8. The average molecular weight is 252 g/mol. The summed E-state index contributed by atoms with van der Waals surface area (Å²) in [4.78, 5) is 0. The van der Waals surface area contributed by atoms with Gasteiger partial charge in [-0.25, -0.2) is 0 Å². The molecule has 0 heteroatoms. The molecule has 0 saturated heterocycles. The summed E-state index contributed by atoms with van der Waals surface area (Å²) >= 11 is 0. The standard InChI is InChI=1S/C10H18.C4H6.2C2H6/c1-2-6-10-8-4-3-7-9(10)5-1;1-3-4-2;2*1-2/h9-10H,1-8H2;1-2H3;2*1-2H3. The van der Waals surface area contributed by atoms with Gasteiger partial charge >= 0.3 is 0 Å². The van der Waals surface area contributed by atoms with Crippen LogP contribution in [0.3, 0.4) is 0 Å². The molecular weight excluding hydrogens is 216 g/mol. The van der Waals surface area contributed by atoms with Crippen LogP contribution in [0.5, 0.6) is 0 Å². The largest absolute Gasteiger partial charge is 0.107 e. The lowest BCUT2D eigenvalue weighted by Crippen LogP contribution is -2.22. The monoisotopic (exact) mass is 252 g/mol. The molecule has 18 heavy (non-hydrogen) atoms. The van der Waals surface area contributed by atoms with Gasteiger partial charge in [-0.1, -0.05) is 79.1 Å². The molecule has 0 nitrogen and oxygen atoms in total. The van der Waals surface area contributed by atoms with Gasteiger partial charge in [0, 0.05) is 0 Å². The zero-order valence-electron chi connectivity index (χ0n) is 13.8. The highest BCUT2D eigenvalue weighted by Crippen LogP contribution is 2.39. The minimum atomic E-state index is 1.16. The maximum Gasteiger partial charge on any atom is -0.00271 e. The van der Waals surface area contributed by atoms with Crippen molar-refractivity contribution in [2.45, 2.75) is 92.9 Å². The van der Waals surface area contributed by atoms with Crippen LogP contribution in [0.25, 0.3) is 0 Å². The Balaban J connectivity index is 0. The van der Waals surface area contributed by atoms with Crippen LogP contribution in [0.4, 0.5) is 0 Å². The predicted octanol–water partition coefficient (Wildman–Crippen LogP) is 6.45. The molecule has 2 saturated carbocycles. The molecule has 2 rings (SSSR count). The summed E-state index contributed by atoms with van der Waals surface area (Å²) in [6.45, 7) is 11.6. The Bertz CT molecular complexity index is 162. The predicted molar refractivity (Wildman–Crippen MR) is 85.7 cm³/mol. The van der Waals surface area contributed by atoms with E-state index < -0.39 is 0 Å². The Morgan fingerprint density at radius 2 is 0.778 bits per heavy atom. The maximum atomic E-state index is 2.68. The third-order valence-corrected chi connectivity index (χ3v) is 3.72. The lowest BCUT2D eigenvalue weighted by molar-refractivity contribution is 0.171. The number of rotatable bonds is 0.